The molecule has 5 saturated carbocycles. The first kappa shape index (κ1) is 49.0. The largest absolute Gasteiger partial charge is 0.0625 e. The molecule has 14 atom stereocenters. The second-order valence-corrected chi connectivity index (χ2v) is 24.3. The van der Waals surface area contributed by atoms with Gasteiger partial charge in [0, 0.05) is 0 Å². The quantitative estimate of drug-likeness (QED) is 0.229. The van der Waals surface area contributed by atoms with E-state index in [-0.39, 0.29) is 0 Å². The van der Waals surface area contributed by atoms with Crippen LogP contribution in [0.1, 0.15) is 286 Å². The van der Waals surface area contributed by atoms with Gasteiger partial charge in [-0.2, -0.15) is 0 Å². The SMILES string of the molecule is CC1CCCCCC2CCC3CCC4CCC5CCCCCCC5CCC4CCC3CCC2CCCCCC(C)CCC(C)CCC(C)CCC(C)CCC(C)CC1. The minimum absolute atomic E-state index is 0.917. The van der Waals surface area contributed by atoms with Crippen molar-refractivity contribution in [2.45, 2.75) is 286 Å². The third kappa shape index (κ3) is 18.4. The lowest BCUT2D eigenvalue weighted by atomic mass is 9.63. The zero-order valence-electron chi connectivity index (χ0n) is 41.0. The second kappa shape index (κ2) is 27.9. The summed E-state index contributed by atoms with van der Waals surface area (Å²) in [6.07, 6.45) is 58.2. The summed E-state index contributed by atoms with van der Waals surface area (Å²) in [5.41, 5.74) is 0. The smallest absolute Gasteiger partial charge is 0.0386 e. The van der Waals surface area contributed by atoms with Gasteiger partial charge in [-0.25, -0.2) is 0 Å². The highest BCUT2D eigenvalue weighted by molar-refractivity contribution is 4.88. The van der Waals surface area contributed by atoms with Crippen LogP contribution in [-0.4, -0.2) is 0 Å². The Bertz CT molecular complexity index is 932. The fraction of sp³-hybridized carbons (Fsp3) is 1.00. The molecule has 0 amide bonds. The first-order chi connectivity index (χ1) is 28.2. The van der Waals surface area contributed by atoms with Gasteiger partial charge < -0.3 is 0 Å². The third-order valence-corrected chi connectivity index (χ3v) is 19.3. The van der Waals surface area contributed by atoms with E-state index in [1.807, 2.05) is 0 Å². The molecule has 0 N–H and O–H groups in total. The first-order valence-corrected chi connectivity index (χ1v) is 28.2. The summed E-state index contributed by atoms with van der Waals surface area (Å²) in [5.74, 6) is 14.0. The van der Waals surface area contributed by atoms with E-state index in [1.165, 1.54) is 141 Å². The molecule has 14 unspecified atom stereocenters. The van der Waals surface area contributed by atoms with Gasteiger partial charge in [0.1, 0.15) is 0 Å². The molecule has 0 spiro atoms. The average Bonchev–Trinajstić information content (AvgIpc) is 3.19. The van der Waals surface area contributed by atoms with Crippen LogP contribution in [0.5, 0.6) is 0 Å². The standard InChI is InChI=1S/C58H108/c1-45-17-11-9-15-21-53-35-39-57-43-41-55-37-33-51-19-13-7-8-14-20-52(51)34-38-56(55)42-44-58(57)40-36-54(53)22-16-10-12-18-46(2)24-26-48(4)28-30-50(6)32-31-49(5)29-27-47(3)25-23-45/h45-58H,7-44H2,1-6H3. The van der Waals surface area contributed by atoms with Gasteiger partial charge in [-0.15, -0.1) is 0 Å². The lowest BCUT2D eigenvalue weighted by Gasteiger charge is -2.42. The molecule has 0 aromatic rings. The molecule has 0 heterocycles. The van der Waals surface area contributed by atoms with E-state index in [0.717, 1.165) is 82.9 Å². The molecule has 5 aliphatic carbocycles. The van der Waals surface area contributed by atoms with Crippen molar-refractivity contribution < 1.29 is 0 Å². The fourth-order valence-electron chi connectivity index (χ4n) is 14.5. The van der Waals surface area contributed by atoms with Crippen molar-refractivity contribution >= 4 is 0 Å². The number of rotatable bonds is 0. The molecule has 5 fully saturated rings. The van der Waals surface area contributed by atoms with Crippen LogP contribution in [0.25, 0.3) is 0 Å². The summed E-state index contributed by atoms with van der Waals surface area (Å²) in [6, 6.07) is 0. The van der Waals surface area contributed by atoms with Crippen LogP contribution in [0.4, 0.5) is 0 Å². The van der Waals surface area contributed by atoms with E-state index >= 15 is 0 Å². The molecular formula is C58H108. The van der Waals surface area contributed by atoms with Crippen molar-refractivity contribution in [1.82, 2.24) is 0 Å². The Morgan fingerprint density at radius 1 is 0.138 bits per heavy atom. The maximum Gasteiger partial charge on any atom is -0.0386 e. The molecule has 0 aliphatic heterocycles. The van der Waals surface area contributed by atoms with Crippen LogP contribution in [0.15, 0.2) is 0 Å². The molecule has 58 heavy (non-hydrogen) atoms. The number of hydrogen-bond acceptors (Lipinski definition) is 0. The maximum absolute atomic E-state index is 2.58. The first-order valence-electron chi connectivity index (χ1n) is 28.2. The van der Waals surface area contributed by atoms with Crippen molar-refractivity contribution in [2.24, 2.45) is 82.9 Å². The summed E-state index contributed by atoms with van der Waals surface area (Å²) in [4.78, 5) is 0. The van der Waals surface area contributed by atoms with E-state index < -0.39 is 0 Å². The Morgan fingerprint density at radius 3 is 0.483 bits per heavy atom. The summed E-state index contributed by atoms with van der Waals surface area (Å²) in [7, 11) is 0. The van der Waals surface area contributed by atoms with Crippen molar-refractivity contribution in [3.05, 3.63) is 0 Å². The van der Waals surface area contributed by atoms with Gasteiger partial charge in [-0.1, -0.05) is 208 Å². The zero-order chi connectivity index (χ0) is 41.0. The van der Waals surface area contributed by atoms with E-state index in [4.69, 9.17) is 0 Å². The molecule has 340 valence electrons. The lowest BCUT2D eigenvalue weighted by molar-refractivity contribution is 0.0889. The summed E-state index contributed by atoms with van der Waals surface area (Å²) in [5, 5.41) is 0. The third-order valence-electron chi connectivity index (χ3n) is 19.3. The fourth-order valence-corrected chi connectivity index (χ4v) is 14.5. The average molecular weight is 806 g/mol. The monoisotopic (exact) mass is 805 g/mol. The van der Waals surface area contributed by atoms with Gasteiger partial charge >= 0.3 is 0 Å². The van der Waals surface area contributed by atoms with E-state index in [9.17, 15) is 0 Å². The van der Waals surface area contributed by atoms with Gasteiger partial charge in [-0.05, 0) is 160 Å². The summed E-state index contributed by atoms with van der Waals surface area (Å²) >= 11 is 0. The van der Waals surface area contributed by atoms with Crippen molar-refractivity contribution in [3.63, 3.8) is 0 Å². The Kier molecular flexibility index (Phi) is 23.6. The zero-order valence-corrected chi connectivity index (χ0v) is 41.0. The molecule has 0 bridgehead atoms. The van der Waals surface area contributed by atoms with Crippen molar-refractivity contribution in [1.29, 1.82) is 0 Å². The van der Waals surface area contributed by atoms with Gasteiger partial charge in [0.2, 0.25) is 0 Å². The molecular weight excluding hydrogens is 697 g/mol. The molecule has 5 aliphatic rings. The Morgan fingerprint density at radius 2 is 0.276 bits per heavy atom. The Hall–Kier alpha value is 0. The van der Waals surface area contributed by atoms with Gasteiger partial charge in [0.05, 0.1) is 0 Å². The van der Waals surface area contributed by atoms with Gasteiger partial charge in [0.15, 0.2) is 0 Å². The molecule has 0 nitrogen and oxygen atoms in total. The molecule has 0 aromatic carbocycles. The topological polar surface area (TPSA) is 0 Å². The minimum Gasteiger partial charge on any atom is -0.0625 e. The highest BCUT2D eigenvalue weighted by Crippen LogP contribution is 2.48. The molecule has 5 rings (SSSR count). The summed E-state index contributed by atoms with van der Waals surface area (Å²) < 4.78 is 0. The molecule has 0 saturated heterocycles. The Balaban J connectivity index is 1.14. The number of hydrogen-bond donors (Lipinski definition) is 0. The van der Waals surface area contributed by atoms with Crippen molar-refractivity contribution in [2.75, 3.05) is 0 Å². The molecule has 0 heteroatoms. The maximum atomic E-state index is 2.58. The van der Waals surface area contributed by atoms with Crippen LogP contribution in [-0.2, 0) is 0 Å². The predicted octanol–water partition coefficient (Wildman–Crippen LogP) is 19.6. The van der Waals surface area contributed by atoms with Crippen LogP contribution >= 0.6 is 0 Å². The van der Waals surface area contributed by atoms with Crippen LogP contribution in [0.3, 0.4) is 0 Å². The van der Waals surface area contributed by atoms with E-state index in [2.05, 4.69) is 41.5 Å². The highest BCUT2D eigenvalue weighted by Gasteiger charge is 2.36. The van der Waals surface area contributed by atoms with Crippen molar-refractivity contribution in [3.8, 4) is 0 Å². The Labute approximate surface area is 367 Å². The van der Waals surface area contributed by atoms with Crippen LogP contribution in [0.2, 0.25) is 0 Å². The lowest BCUT2D eigenvalue weighted by Crippen LogP contribution is -2.31. The van der Waals surface area contributed by atoms with Crippen LogP contribution < -0.4 is 0 Å². The molecule has 0 radical (unpaired) electrons. The number of fused-ring (bicyclic) bond motifs is 4. The van der Waals surface area contributed by atoms with E-state index in [0.29, 0.717) is 0 Å². The van der Waals surface area contributed by atoms with Crippen LogP contribution in [0, 0.1) is 82.9 Å². The van der Waals surface area contributed by atoms with Gasteiger partial charge in [-0.3, -0.25) is 0 Å². The minimum atomic E-state index is 0.917. The molecule has 0 aromatic heterocycles. The van der Waals surface area contributed by atoms with Gasteiger partial charge in [0.25, 0.3) is 0 Å². The van der Waals surface area contributed by atoms with E-state index in [1.54, 1.807) is 103 Å². The second-order valence-electron chi connectivity index (χ2n) is 24.3. The summed E-state index contributed by atoms with van der Waals surface area (Å²) in [6.45, 7) is 15.4. The predicted molar refractivity (Wildman–Crippen MR) is 258 cm³/mol. The highest BCUT2D eigenvalue weighted by atomic mass is 14.4. The normalized spacial score (nSPS) is 42.1.